The Hall–Kier alpha value is -0.610. The van der Waals surface area contributed by atoms with E-state index in [0.29, 0.717) is 6.04 Å². The van der Waals surface area contributed by atoms with Crippen molar-refractivity contribution in [1.29, 1.82) is 0 Å². The number of carbonyl (C=O) groups is 1. The minimum atomic E-state index is 0.0193. The van der Waals surface area contributed by atoms with E-state index >= 15 is 0 Å². The molecule has 0 aromatic heterocycles. The van der Waals surface area contributed by atoms with Crippen LogP contribution in [0.4, 0.5) is 0 Å². The summed E-state index contributed by atoms with van der Waals surface area (Å²) >= 11 is 0. The maximum Gasteiger partial charge on any atom is 0.237 e. The molecule has 1 aliphatic rings. The van der Waals surface area contributed by atoms with Crippen molar-refractivity contribution in [2.45, 2.75) is 65.5 Å². The maximum absolute atomic E-state index is 12.0. The Morgan fingerprint density at radius 2 is 1.90 bits per heavy atom. The third-order valence-corrected chi connectivity index (χ3v) is 4.22. The molecule has 0 aromatic rings. The smallest absolute Gasteiger partial charge is 0.237 e. The topological polar surface area (TPSA) is 44.4 Å². The van der Waals surface area contributed by atoms with Crippen LogP contribution in [0.5, 0.6) is 0 Å². The Kier molecular flexibility index (Phi) is 8.15. The van der Waals surface area contributed by atoms with Gasteiger partial charge in [0.05, 0.1) is 6.04 Å². The highest BCUT2D eigenvalue weighted by atomic mass is 16.2. The van der Waals surface area contributed by atoms with Crippen molar-refractivity contribution in [3.8, 4) is 0 Å². The standard InChI is InChI=1S/C16H33N3O/c1-5-6-9-17-16(20)14(4)19-10-7-15(8-11-19)12-18-13(2)3/h13-15,18H,5-12H2,1-4H3,(H,17,20). The Balaban J connectivity index is 2.24. The summed E-state index contributed by atoms with van der Waals surface area (Å²) in [4.78, 5) is 14.4. The van der Waals surface area contributed by atoms with Gasteiger partial charge in [0.15, 0.2) is 0 Å². The molecule has 0 aliphatic carbocycles. The van der Waals surface area contributed by atoms with Crippen LogP contribution in [-0.4, -0.2) is 49.1 Å². The van der Waals surface area contributed by atoms with Crippen LogP contribution in [0.25, 0.3) is 0 Å². The highest BCUT2D eigenvalue weighted by molar-refractivity contribution is 5.81. The lowest BCUT2D eigenvalue weighted by molar-refractivity contribution is -0.126. The third kappa shape index (κ3) is 6.23. The summed E-state index contributed by atoms with van der Waals surface area (Å²) in [5.41, 5.74) is 0. The van der Waals surface area contributed by atoms with E-state index in [-0.39, 0.29) is 11.9 Å². The molecule has 1 atom stereocenters. The summed E-state index contributed by atoms with van der Waals surface area (Å²) in [5.74, 6) is 0.959. The van der Waals surface area contributed by atoms with Gasteiger partial charge in [-0.1, -0.05) is 27.2 Å². The Labute approximate surface area is 124 Å². The van der Waals surface area contributed by atoms with Crippen LogP contribution in [0.3, 0.4) is 0 Å². The van der Waals surface area contributed by atoms with E-state index in [1.807, 2.05) is 6.92 Å². The summed E-state index contributed by atoms with van der Waals surface area (Å²) in [6.45, 7) is 12.6. The number of nitrogens with zero attached hydrogens (tertiary/aromatic N) is 1. The number of unbranched alkanes of at least 4 members (excludes halogenated alkanes) is 1. The fourth-order valence-corrected chi connectivity index (χ4v) is 2.65. The number of piperidine rings is 1. The maximum atomic E-state index is 12.0. The fourth-order valence-electron chi connectivity index (χ4n) is 2.65. The van der Waals surface area contributed by atoms with Crippen molar-refractivity contribution < 1.29 is 4.79 Å². The molecule has 0 radical (unpaired) electrons. The van der Waals surface area contributed by atoms with Gasteiger partial charge in [-0.05, 0) is 51.7 Å². The van der Waals surface area contributed by atoms with Crippen LogP contribution in [-0.2, 0) is 4.79 Å². The van der Waals surface area contributed by atoms with Gasteiger partial charge in [-0.3, -0.25) is 9.69 Å². The van der Waals surface area contributed by atoms with Crippen LogP contribution in [0.2, 0.25) is 0 Å². The van der Waals surface area contributed by atoms with Gasteiger partial charge in [-0.2, -0.15) is 0 Å². The molecular formula is C16H33N3O. The van der Waals surface area contributed by atoms with Crippen LogP contribution in [0.1, 0.15) is 53.4 Å². The quantitative estimate of drug-likeness (QED) is 0.670. The molecule has 1 aliphatic heterocycles. The number of nitrogens with one attached hydrogen (secondary N) is 2. The predicted octanol–water partition coefficient (Wildman–Crippen LogP) is 2.00. The van der Waals surface area contributed by atoms with E-state index in [1.54, 1.807) is 0 Å². The molecule has 1 saturated heterocycles. The number of rotatable bonds is 8. The predicted molar refractivity (Wildman–Crippen MR) is 84.8 cm³/mol. The zero-order chi connectivity index (χ0) is 15.0. The van der Waals surface area contributed by atoms with Gasteiger partial charge in [-0.15, -0.1) is 0 Å². The molecule has 4 heteroatoms. The highest BCUT2D eigenvalue weighted by Gasteiger charge is 2.26. The molecule has 1 rings (SSSR count). The van der Waals surface area contributed by atoms with E-state index in [1.165, 1.54) is 12.8 Å². The first-order valence-corrected chi connectivity index (χ1v) is 8.29. The molecule has 0 aromatic carbocycles. The molecule has 0 spiro atoms. The first kappa shape index (κ1) is 17.4. The molecular weight excluding hydrogens is 250 g/mol. The molecule has 1 fully saturated rings. The first-order valence-electron chi connectivity index (χ1n) is 8.29. The van der Waals surface area contributed by atoms with Gasteiger partial charge >= 0.3 is 0 Å². The minimum absolute atomic E-state index is 0.0193. The second-order valence-corrected chi connectivity index (χ2v) is 6.36. The second-order valence-electron chi connectivity index (χ2n) is 6.36. The minimum Gasteiger partial charge on any atom is -0.355 e. The van der Waals surface area contributed by atoms with E-state index in [2.05, 4.69) is 36.3 Å². The first-order chi connectivity index (χ1) is 9.54. The van der Waals surface area contributed by atoms with Crippen LogP contribution >= 0.6 is 0 Å². The molecule has 0 bridgehead atoms. The van der Waals surface area contributed by atoms with Crippen LogP contribution in [0.15, 0.2) is 0 Å². The summed E-state index contributed by atoms with van der Waals surface area (Å²) in [6, 6.07) is 0.585. The van der Waals surface area contributed by atoms with Gasteiger partial charge in [0.25, 0.3) is 0 Å². The zero-order valence-electron chi connectivity index (χ0n) is 13.7. The lowest BCUT2D eigenvalue weighted by Gasteiger charge is -2.35. The average molecular weight is 283 g/mol. The molecule has 1 unspecified atom stereocenters. The van der Waals surface area contributed by atoms with Gasteiger partial charge in [0.2, 0.25) is 5.91 Å². The molecule has 4 nitrogen and oxygen atoms in total. The van der Waals surface area contributed by atoms with E-state index in [0.717, 1.165) is 44.9 Å². The van der Waals surface area contributed by atoms with Gasteiger partial charge in [0, 0.05) is 12.6 Å². The van der Waals surface area contributed by atoms with Crippen LogP contribution in [0, 0.1) is 5.92 Å². The van der Waals surface area contributed by atoms with Crippen LogP contribution < -0.4 is 10.6 Å². The molecule has 1 heterocycles. The lowest BCUT2D eigenvalue weighted by Crippen LogP contribution is -2.49. The summed E-state index contributed by atoms with van der Waals surface area (Å²) in [5, 5.41) is 6.56. The average Bonchev–Trinajstić information content (AvgIpc) is 2.45. The SMILES string of the molecule is CCCCNC(=O)C(C)N1CCC(CNC(C)C)CC1. The van der Waals surface area contributed by atoms with E-state index in [9.17, 15) is 4.79 Å². The Bertz CT molecular complexity index is 273. The number of hydrogen-bond acceptors (Lipinski definition) is 3. The Morgan fingerprint density at radius 3 is 2.45 bits per heavy atom. The number of likely N-dealkylation sites (tertiary alicyclic amines) is 1. The third-order valence-electron chi connectivity index (χ3n) is 4.22. The number of amides is 1. The number of hydrogen-bond donors (Lipinski definition) is 2. The second kappa shape index (κ2) is 9.35. The van der Waals surface area contributed by atoms with Crippen molar-refractivity contribution in [1.82, 2.24) is 15.5 Å². The van der Waals surface area contributed by atoms with Crippen molar-refractivity contribution in [3.05, 3.63) is 0 Å². The largest absolute Gasteiger partial charge is 0.355 e. The molecule has 1 amide bonds. The summed E-state index contributed by atoms with van der Waals surface area (Å²) in [7, 11) is 0. The molecule has 20 heavy (non-hydrogen) atoms. The van der Waals surface area contributed by atoms with Crippen molar-refractivity contribution in [2.24, 2.45) is 5.92 Å². The van der Waals surface area contributed by atoms with E-state index < -0.39 is 0 Å². The lowest BCUT2D eigenvalue weighted by atomic mass is 9.95. The van der Waals surface area contributed by atoms with Gasteiger partial charge < -0.3 is 10.6 Å². The summed E-state index contributed by atoms with van der Waals surface area (Å²) < 4.78 is 0. The van der Waals surface area contributed by atoms with Gasteiger partial charge in [0.1, 0.15) is 0 Å². The van der Waals surface area contributed by atoms with Crippen molar-refractivity contribution in [3.63, 3.8) is 0 Å². The van der Waals surface area contributed by atoms with E-state index in [4.69, 9.17) is 0 Å². The normalized spacial score (nSPS) is 19.2. The summed E-state index contributed by atoms with van der Waals surface area (Å²) in [6.07, 6.45) is 4.60. The molecule has 0 saturated carbocycles. The molecule has 118 valence electrons. The van der Waals surface area contributed by atoms with Crippen molar-refractivity contribution in [2.75, 3.05) is 26.2 Å². The monoisotopic (exact) mass is 283 g/mol. The van der Waals surface area contributed by atoms with Crippen molar-refractivity contribution >= 4 is 5.91 Å². The number of carbonyl (C=O) groups excluding carboxylic acids is 1. The molecule has 2 N–H and O–H groups in total. The zero-order valence-corrected chi connectivity index (χ0v) is 13.7. The fraction of sp³-hybridized carbons (Fsp3) is 0.938. The highest BCUT2D eigenvalue weighted by Crippen LogP contribution is 2.18. The van der Waals surface area contributed by atoms with Gasteiger partial charge in [-0.25, -0.2) is 0 Å². The Morgan fingerprint density at radius 1 is 1.25 bits per heavy atom.